The molecule has 0 unspecified atom stereocenters. The maximum atomic E-state index is 6.31. The lowest BCUT2D eigenvalue weighted by atomic mass is 10.2. The Morgan fingerprint density at radius 2 is 2.05 bits per heavy atom. The standard InChI is InChI=1S/C15H13Cl2N3/c1-10-4-3-7-18-13(10)9-20-14(8-16)19-12-6-2-5-11(17)15(12)20/h2-7H,8-9H2,1H3. The van der Waals surface area contributed by atoms with Crippen molar-refractivity contribution in [2.75, 3.05) is 0 Å². The summed E-state index contributed by atoms with van der Waals surface area (Å²) >= 11 is 12.3. The zero-order valence-electron chi connectivity index (χ0n) is 11.0. The molecule has 0 amide bonds. The van der Waals surface area contributed by atoms with E-state index in [9.17, 15) is 0 Å². The highest BCUT2D eigenvalue weighted by Gasteiger charge is 2.14. The van der Waals surface area contributed by atoms with Gasteiger partial charge in [-0.25, -0.2) is 4.98 Å². The second kappa shape index (κ2) is 5.43. The summed E-state index contributed by atoms with van der Waals surface area (Å²) < 4.78 is 2.04. The summed E-state index contributed by atoms with van der Waals surface area (Å²) in [5, 5.41) is 0.681. The summed E-state index contributed by atoms with van der Waals surface area (Å²) in [5.41, 5.74) is 3.91. The van der Waals surface area contributed by atoms with E-state index in [0.717, 1.165) is 28.1 Å². The molecule has 0 saturated heterocycles. The molecule has 0 aliphatic carbocycles. The lowest BCUT2D eigenvalue weighted by molar-refractivity contribution is 0.753. The third-order valence-corrected chi connectivity index (χ3v) is 3.89. The van der Waals surface area contributed by atoms with E-state index >= 15 is 0 Å². The Hall–Kier alpha value is -1.58. The molecule has 0 spiro atoms. The van der Waals surface area contributed by atoms with Gasteiger partial charge in [0.05, 0.1) is 34.2 Å². The van der Waals surface area contributed by atoms with Crippen molar-refractivity contribution in [3.8, 4) is 0 Å². The highest BCUT2D eigenvalue weighted by Crippen LogP contribution is 2.26. The number of alkyl halides is 1. The number of pyridine rings is 1. The predicted octanol–water partition coefficient (Wildman–Crippen LogP) is 4.18. The van der Waals surface area contributed by atoms with Crippen LogP contribution in [0.4, 0.5) is 0 Å². The van der Waals surface area contributed by atoms with Gasteiger partial charge in [-0.05, 0) is 30.7 Å². The molecule has 3 nitrogen and oxygen atoms in total. The molecule has 0 aliphatic heterocycles. The summed E-state index contributed by atoms with van der Waals surface area (Å²) in [6.45, 7) is 2.67. The van der Waals surface area contributed by atoms with Gasteiger partial charge in [-0.1, -0.05) is 23.7 Å². The van der Waals surface area contributed by atoms with Crippen molar-refractivity contribution in [3.63, 3.8) is 0 Å². The number of rotatable bonds is 3. The molecule has 3 rings (SSSR count). The van der Waals surface area contributed by atoms with Gasteiger partial charge in [-0.2, -0.15) is 0 Å². The minimum absolute atomic E-state index is 0.344. The molecule has 2 aromatic heterocycles. The van der Waals surface area contributed by atoms with Crippen LogP contribution < -0.4 is 0 Å². The number of fused-ring (bicyclic) bond motifs is 1. The predicted molar refractivity (Wildman–Crippen MR) is 82.4 cm³/mol. The average molecular weight is 306 g/mol. The van der Waals surface area contributed by atoms with E-state index in [0.29, 0.717) is 17.4 Å². The molecule has 0 atom stereocenters. The molecule has 0 saturated carbocycles. The van der Waals surface area contributed by atoms with E-state index in [1.807, 2.05) is 41.8 Å². The highest BCUT2D eigenvalue weighted by atomic mass is 35.5. The number of aryl methyl sites for hydroxylation is 1. The number of nitrogens with zero attached hydrogens (tertiary/aromatic N) is 3. The van der Waals surface area contributed by atoms with Crippen LogP contribution in [0.3, 0.4) is 0 Å². The molecule has 3 aromatic rings. The Balaban J connectivity index is 2.17. The molecule has 2 heterocycles. The molecule has 0 bridgehead atoms. The van der Waals surface area contributed by atoms with Gasteiger partial charge in [0.25, 0.3) is 0 Å². The normalized spacial score (nSPS) is 11.2. The summed E-state index contributed by atoms with van der Waals surface area (Å²) in [7, 11) is 0. The van der Waals surface area contributed by atoms with Crippen LogP contribution in [0.5, 0.6) is 0 Å². The van der Waals surface area contributed by atoms with E-state index in [1.165, 1.54) is 0 Å². The fourth-order valence-electron chi connectivity index (χ4n) is 2.30. The number of para-hydroxylation sites is 1. The Labute approximate surface area is 127 Å². The Kier molecular flexibility index (Phi) is 3.64. The Morgan fingerprint density at radius 3 is 2.80 bits per heavy atom. The molecule has 5 heteroatoms. The monoisotopic (exact) mass is 305 g/mol. The first-order valence-electron chi connectivity index (χ1n) is 6.31. The van der Waals surface area contributed by atoms with Crippen LogP contribution in [0.15, 0.2) is 36.5 Å². The molecule has 102 valence electrons. The summed E-state index contributed by atoms with van der Waals surface area (Å²) in [6.07, 6.45) is 1.80. The quantitative estimate of drug-likeness (QED) is 0.680. The number of aromatic nitrogens is 3. The zero-order valence-corrected chi connectivity index (χ0v) is 12.5. The van der Waals surface area contributed by atoms with Crippen molar-refractivity contribution in [2.24, 2.45) is 0 Å². The van der Waals surface area contributed by atoms with Gasteiger partial charge >= 0.3 is 0 Å². The first-order chi connectivity index (χ1) is 9.70. The number of hydrogen-bond acceptors (Lipinski definition) is 2. The molecule has 1 aromatic carbocycles. The second-order valence-electron chi connectivity index (χ2n) is 4.62. The van der Waals surface area contributed by atoms with E-state index in [4.69, 9.17) is 23.2 Å². The third kappa shape index (κ3) is 2.28. The smallest absolute Gasteiger partial charge is 0.125 e. The summed E-state index contributed by atoms with van der Waals surface area (Å²) in [4.78, 5) is 8.97. The largest absolute Gasteiger partial charge is 0.320 e. The SMILES string of the molecule is Cc1cccnc1Cn1c(CCl)nc2cccc(Cl)c21. The van der Waals surface area contributed by atoms with Crippen LogP contribution in [0, 0.1) is 6.92 Å². The van der Waals surface area contributed by atoms with Crippen LogP contribution in [0.25, 0.3) is 11.0 Å². The zero-order chi connectivity index (χ0) is 14.1. The number of imidazole rings is 1. The van der Waals surface area contributed by atoms with Crippen LogP contribution >= 0.6 is 23.2 Å². The minimum atomic E-state index is 0.344. The highest BCUT2D eigenvalue weighted by molar-refractivity contribution is 6.35. The van der Waals surface area contributed by atoms with Crippen LogP contribution in [0.1, 0.15) is 17.1 Å². The van der Waals surface area contributed by atoms with Crippen molar-refractivity contribution in [2.45, 2.75) is 19.3 Å². The van der Waals surface area contributed by atoms with Gasteiger partial charge in [0.2, 0.25) is 0 Å². The molecular formula is C15H13Cl2N3. The Morgan fingerprint density at radius 1 is 1.20 bits per heavy atom. The first kappa shape index (κ1) is 13.4. The summed E-state index contributed by atoms with van der Waals surface area (Å²) in [5.74, 6) is 1.15. The number of halogens is 2. The van der Waals surface area contributed by atoms with Gasteiger partial charge in [-0.3, -0.25) is 4.98 Å². The Bertz CT molecular complexity index is 765. The van der Waals surface area contributed by atoms with Crippen LogP contribution in [-0.4, -0.2) is 14.5 Å². The van der Waals surface area contributed by atoms with Crippen LogP contribution in [-0.2, 0) is 12.4 Å². The first-order valence-corrected chi connectivity index (χ1v) is 7.22. The fourth-order valence-corrected chi connectivity index (χ4v) is 2.77. The molecule has 0 aliphatic rings. The minimum Gasteiger partial charge on any atom is -0.320 e. The van der Waals surface area contributed by atoms with E-state index in [2.05, 4.69) is 9.97 Å². The van der Waals surface area contributed by atoms with Crippen molar-refractivity contribution in [1.82, 2.24) is 14.5 Å². The number of benzene rings is 1. The lowest BCUT2D eigenvalue weighted by Gasteiger charge is -2.10. The molecule has 0 fully saturated rings. The fraction of sp³-hybridized carbons (Fsp3) is 0.200. The molecule has 20 heavy (non-hydrogen) atoms. The third-order valence-electron chi connectivity index (χ3n) is 3.34. The molecule has 0 N–H and O–H groups in total. The van der Waals surface area contributed by atoms with Crippen molar-refractivity contribution < 1.29 is 0 Å². The topological polar surface area (TPSA) is 30.7 Å². The van der Waals surface area contributed by atoms with Crippen molar-refractivity contribution >= 4 is 34.2 Å². The second-order valence-corrected chi connectivity index (χ2v) is 5.30. The molecule has 0 radical (unpaired) electrons. The van der Waals surface area contributed by atoms with E-state index in [-0.39, 0.29) is 0 Å². The average Bonchev–Trinajstić information content (AvgIpc) is 2.81. The van der Waals surface area contributed by atoms with Crippen molar-refractivity contribution in [3.05, 3.63) is 58.6 Å². The number of hydrogen-bond donors (Lipinski definition) is 0. The van der Waals surface area contributed by atoms with Crippen molar-refractivity contribution in [1.29, 1.82) is 0 Å². The van der Waals surface area contributed by atoms with E-state index in [1.54, 1.807) is 6.20 Å². The van der Waals surface area contributed by atoms with Gasteiger partial charge < -0.3 is 4.57 Å². The lowest BCUT2D eigenvalue weighted by Crippen LogP contribution is -2.07. The van der Waals surface area contributed by atoms with Gasteiger partial charge in [0, 0.05) is 6.20 Å². The van der Waals surface area contributed by atoms with Gasteiger partial charge in [-0.15, -0.1) is 11.6 Å². The maximum Gasteiger partial charge on any atom is 0.125 e. The maximum absolute atomic E-state index is 6.31. The van der Waals surface area contributed by atoms with Crippen LogP contribution in [0.2, 0.25) is 5.02 Å². The van der Waals surface area contributed by atoms with Gasteiger partial charge in [0.15, 0.2) is 0 Å². The van der Waals surface area contributed by atoms with Gasteiger partial charge in [0.1, 0.15) is 5.82 Å². The summed E-state index contributed by atoms with van der Waals surface area (Å²) in [6, 6.07) is 9.68. The molecular weight excluding hydrogens is 293 g/mol. The van der Waals surface area contributed by atoms with E-state index < -0.39 is 0 Å².